The van der Waals surface area contributed by atoms with E-state index < -0.39 is 11.5 Å². The van der Waals surface area contributed by atoms with Gasteiger partial charge in [0, 0.05) is 33.1 Å². The maximum absolute atomic E-state index is 12.1. The lowest BCUT2D eigenvalue weighted by molar-refractivity contribution is -0.145. The van der Waals surface area contributed by atoms with E-state index in [0.717, 1.165) is 6.42 Å². The van der Waals surface area contributed by atoms with Gasteiger partial charge in [-0.15, -0.1) is 0 Å². The number of hydrogen-bond acceptors (Lipinski definition) is 4. The van der Waals surface area contributed by atoms with Crippen LogP contribution in [0.2, 0.25) is 0 Å². The van der Waals surface area contributed by atoms with E-state index in [0.29, 0.717) is 32.6 Å². The molecule has 1 atom stereocenters. The van der Waals surface area contributed by atoms with E-state index in [4.69, 9.17) is 0 Å². The summed E-state index contributed by atoms with van der Waals surface area (Å²) >= 11 is 0. The highest BCUT2D eigenvalue weighted by atomic mass is 16.4. The van der Waals surface area contributed by atoms with Crippen LogP contribution in [0.5, 0.6) is 0 Å². The topological polar surface area (TPSA) is 90.0 Å². The number of rotatable bonds is 6. The van der Waals surface area contributed by atoms with E-state index in [9.17, 15) is 19.5 Å². The Morgan fingerprint density at radius 2 is 1.67 bits per heavy atom. The molecule has 7 nitrogen and oxygen atoms in total. The monoisotopic (exact) mass is 299 g/mol. The van der Waals surface area contributed by atoms with Gasteiger partial charge in [0.2, 0.25) is 11.8 Å². The minimum atomic E-state index is -1.08. The number of aliphatic carboxylic acids is 1. The van der Waals surface area contributed by atoms with Crippen LogP contribution < -0.4 is 5.32 Å². The first kappa shape index (κ1) is 17.4. The Morgan fingerprint density at radius 1 is 1.14 bits per heavy atom. The van der Waals surface area contributed by atoms with Crippen LogP contribution in [0.25, 0.3) is 0 Å². The van der Waals surface area contributed by atoms with E-state index in [1.807, 2.05) is 6.92 Å². The summed E-state index contributed by atoms with van der Waals surface area (Å²) in [6, 6.07) is 0. The molecule has 0 aliphatic carbocycles. The van der Waals surface area contributed by atoms with Gasteiger partial charge < -0.3 is 14.9 Å². The molecule has 0 radical (unpaired) electrons. The van der Waals surface area contributed by atoms with Crippen LogP contribution in [-0.2, 0) is 14.4 Å². The Morgan fingerprint density at radius 3 is 2.10 bits per heavy atom. The number of nitrogens with one attached hydrogen (secondary N) is 1. The summed E-state index contributed by atoms with van der Waals surface area (Å²) in [5, 5.41) is 12.1. The summed E-state index contributed by atoms with van der Waals surface area (Å²) in [5.74, 6) is -1.05. The normalized spacial score (nSPS) is 18.2. The average Bonchev–Trinajstić information content (AvgIpc) is 2.45. The molecular weight excluding hydrogens is 274 g/mol. The fraction of sp³-hybridized carbons (Fsp3) is 0.786. The summed E-state index contributed by atoms with van der Waals surface area (Å²) in [4.78, 5) is 38.0. The van der Waals surface area contributed by atoms with Gasteiger partial charge in [-0.05, 0) is 13.3 Å². The third-order valence-corrected chi connectivity index (χ3v) is 3.93. The first-order chi connectivity index (χ1) is 9.80. The molecule has 0 saturated carbocycles. The molecule has 1 fully saturated rings. The Bertz CT molecular complexity index is 405. The number of hydrogen-bond donors (Lipinski definition) is 2. The molecule has 0 aromatic heterocycles. The molecule has 0 aromatic rings. The second-order valence-electron chi connectivity index (χ2n) is 5.63. The lowest BCUT2D eigenvalue weighted by Crippen LogP contribution is -2.56. The summed E-state index contributed by atoms with van der Waals surface area (Å²) in [7, 11) is 0. The Kier molecular flexibility index (Phi) is 6.14. The standard InChI is InChI=1S/C14H25N3O4/c1-4-5-14(3,13(20)21)15-10-12(19)17-8-6-16(7-9-17)11(2)18/h15H,4-10H2,1-3H3,(H,20,21). The molecule has 2 N–H and O–H groups in total. The van der Waals surface area contributed by atoms with E-state index >= 15 is 0 Å². The Balaban J connectivity index is 2.47. The Hall–Kier alpha value is -1.63. The molecule has 1 aliphatic rings. The van der Waals surface area contributed by atoms with Gasteiger partial charge in [0.05, 0.1) is 6.54 Å². The lowest BCUT2D eigenvalue weighted by atomic mass is 9.96. The minimum absolute atomic E-state index is 0.00285. The SMILES string of the molecule is CCCC(C)(NCC(=O)N1CCN(C(C)=O)CC1)C(=O)O. The molecule has 1 rings (SSSR count). The van der Waals surface area contributed by atoms with Gasteiger partial charge in [0.25, 0.3) is 0 Å². The lowest BCUT2D eigenvalue weighted by Gasteiger charge is -2.35. The van der Waals surface area contributed by atoms with Crippen LogP contribution in [0.1, 0.15) is 33.6 Å². The number of carbonyl (C=O) groups is 3. The van der Waals surface area contributed by atoms with Crippen LogP contribution in [0, 0.1) is 0 Å². The van der Waals surface area contributed by atoms with E-state index in [1.54, 1.807) is 16.7 Å². The predicted octanol–water partition coefficient (Wildman–Crippen LogP) is -0.0899. The smallest absolute Gasteiger partial charge is 0.323 e. The number of piperazine rings is 1. The van der Waals surface area contributed by atoms with Crippen molar-refractivity contribution in [3.05, 3.63) is 0 Å². The first-order valence-corrected chi connectivity index (χ1v) is 7.32. The minimum Gasteiger partial charge on any atom is -0.480 e. The van der Waals surface area contributed by atoms with Gasteiger partial charge in [0.15, 0.2) is 0 Å². The van der Waals surface area contributed by atoms with Gasteiger partial charge in [-0.1, -0.05) is 13.3 Å². The zero-order chi connectivity index (χ0) is 16.0. The number of carboxylic acid groups (broad SMARTS) is 1. The highest BCUT2D eigenvalue weighted by molar-refractivity contribution is 5.82. The van der Waals surface area contributed by atoms with Crippen molar-refractivity contribution in [2.24, 2.45) is 0 Å². The summed E-state index contributed by atoms with van der Waals surface area (Å²) in [6.45, 7) is 7.09. The van der Waals surface area contributed by atoms with Gasteiger partial charge in [-0.2, -0.15) is 0 Å². The molecule has 0 bridgehead atoms. The average molecular weight is 299 g/mol. The summed E-state index contributed by atoms with van der Waals surface area (Å²) in [5.41, 5.74) is -1.08. The molecular formula is C14H25N3O4. The molecule has 120 valence electrons. The molecule has 0 aromatic carbocycles. The van der Waals surface area contributed by atoms with Crippen molar-refractivity contribution in [3.8, 4) is 0 Å². The maximum atomic E-state index is 12.1. The molecule has 1 heterocycles. The molecule has 1 saturated heterocycles. The van der Waals surface area contributed by atoms with Crippen LogP contribution in [0.3, 0.4) is 0 Å². The van der Waals surface area contributed by atoms with E-state index in [-0.39, 0.29) is 18.4 Å². The number of nitrogens with zero attached hydrogens (tertiary/aromatic N) is 2. The summed E-state index contributed by atoms with van der Waals surface area (Å²) in [6.07, 6.45) is 1.19. The fourth-order valence-corrected chi connectivity index (χ4v) is 2.42. The van der Waals surface area contributed by atoms with E-state index in [1.165, 1.54) is 6.92 Å². The van der Waals surface area contributed by atoms with Crippen molar-refractivity contribution in [1.29, 1.82) is 0 Å². The van der Waals surface area contributed by atoms with Gasteiger partial charge in [-0.3, -0.25) is 19.7 Å². The molecule has 0 spiro atoms. The van der Waals surface area contributed by atoms with Crippen LogP contribution in [0.4, 0.5) is 0 Å². The maximum Gasteiger partial charge on any atom is 0.323 e. The highest BCUT2D eigenvalue weighted by Gasteiger charge is 2.33. The predicted molar refractivity (Wildman–Crippen MR) is 77.8 cm³/mol. The molecule has 2 amide bonds. The van der Waals surface area contributed by atoms with E-state index in [2.05, 4.69) is 5.32 Å². The zero-order valence-corrected chi connectivity index (χ0v) is 13.0. The van der Waals surface area contributed by atoms with Crippen molar-refractivity contribution in [1.82, 2.24) is 15.1 Å². The second-order valence-corrected chi connectivity index (χ2v) is 5.63. The highest BCUT2D eigenvalue weighted by Crippen LogP contribution is 2.12. The van der Waals surface area contributed by atoms with Crippen molar-refractivity contribution in [3.63, 3.8) is 0 Å². The van der Waals surface area contributed by atoms with Crippen molar-refractivity contribution in [2.45, 2.75) is 39.2 Å². The number of carboxylic acids is 1. The van der Waals surface area contributed by atoms with Crippen LogP contribution in [-0.4, -0.2) is 71.0 Å². The molecule has 1 aliphatic heterocycles. The van der Waals surface area contributed by atoms with Crippen molar-refractivity contribution < 1.29 is 19.5 Å². The van der Waals surface area contributed by atoms with Crippen LogP contribution >= 0.6 is 0 Å². The van der Waals surface area contributed by atoms with Gasteiger partial charge >= 0.3 is 5.97 Å². The molecule has 1 unspecified atom stereocenters. The summed E-state index contributed by atoms with van der Waals surface area (Å²) < 4.78 is 0. The number of amides is 2. The Labute approximate surface area is 125 Å². The largest absolute Gasteiger partial charge is 0.480 e. The second kappa shape index (κ2) is 7.40. The molecule has 21 heavy (non-hydrogen) atoms. The molecule has 7 heteroatoms. The zero-order valence-electron chi connectivity index (χ0n) is 13.0. The first-order valence-electron chi connectivity index (χ1n) is 7.32. The van der Waals surface area contributed by atoms with Crippen molar-refractivity contribution >= 4 is 17.8 Å². The fourth-order valence-electron chi connectivity index (χ4n) is 2.42. The third kappa shape index (κ3) is 4.70. The van der Waals surface area contributed by atoms with Crippen molar-refractivity contribution in [2.75, 3.05) is 32.7 Å². The number of carbonyl (C=O) groups excluding carboxylic acids is 2. The van der Waals surface area contributed by atoms with Gasteiger partial charge in [0.1, 0.15) is 5.54 Å². The quantitative estimate of drug-likeness (QED) is 0.715. The van der Waals surface area contributed by atoms with Gasteiger partial charge in [-0.25, -0.2) is 0 Å². The third-order valence-electron chi connectivity index (χ3n) is 3.93. The van der Waals surface area contributed by atoms with Crippen LogP contribution in [0.15, 0.2) is 0 Å².